The highest BCUT2D eigenvalue weighted by Crippen LogP contribution is 2.17. The zero-order valence-electron chi connectivity index (χ0n) is 10.1. The summed E-state index contributed by atoms with van der Waals surface area (Å²) in [5.74, 6) is 0.972. The van der Waals surface area contributed by atoms with E-state index < -0.39 is 0 Å². The smallest absolute Gasteiger partial charge is 0.118 e. The molecule has 3 aromatic rings. The van der Waals surface area contributed by atoms with Gasteiger partial charge < -0.3 is 0 Å². The lowest BCUT2D eigenvalue weighted by Crippen LogP contribution is -1.97. The molecule has 0 atom stereocenters. The summed E-state index contributed by atoms with van der Waals surface area (Å²) in [5, 5.41) is 0.701. The van der Waals surface area contributed by atoms with E-state index in [4.69, 9.17) is 11.6 Å². The highest BCUT2D eigenvalue weighted by molar-refractivity contribution is 6.29. The molecule has 2 aromatic heterocycles. The lowest BCUT2D eigenvalue weighted by Gasteiger charge is -2.04. The Morgan fingerprint density at radius 3 is 2.67 bits per heavy atom. The van der Waals surface area contributed by atoms with E-state index in [2.05, 4.69) is 36.2 Å². The number of nitrogens with zero attached hydrogens (tertiary/aromatic N) is 2. The second-order valence-corrected chi connectivity index (χ2v) is 4.83. The molecular weight excluding hydrogens is 244 g/mol. The summed E-state index contributed by atoms with van der Waals surface area (Å²) < 4.78 is 1.99. The Balaban J connectivity index is 2.02. The maximum Gasteiger partial charge on any atom is 0.118 e. The first kappa shape index (κ1) is 11.3. The second-order valence-electron chi connectivity index (χ2n) is 4.45. The number of hydrogen-bond acceptors (Lipinski definition) is 1. The third kappa shape index (κ3) is 2.00. The molecule has 2 heterocycles. The molecule has 18 heavy (non-hydrogen) atoms. The first-order chi connectivity index (χ1) is 8.74. The van der Waals surface area contributed by atoms with Crippen molar-refractivity contribution in [2.24, 2.45) is 0 Å². The molecule has 90 valence electrons. The number of halogens is 1. The number of imidazole rings is 1. The van der Waals surface area contributed by atoms with E-state index >= 15 is 0 Å². The van der Waals surface area contributed by atoms with Crippen LogP contribution in [0, 0.1) is 6.92 Å². The number of fused-ring (bicyclic) bond motifs is 1. The number of aryl methyl sites for hydroxylation is 1. The molecule has 0 aliphatic rings. The average molecular weight is 257 g/mol. The molecule has 2 nitrogen and oxygen atoms in total. The van der Waals surface area contributed by atoms with Gasteiger partial charge in [-0.05, 0) is 24.6 Å². The molecule has 0 aliphatic carbocycles. The molecule has 0 amide bonds. The number of pyridine rings is 1. The van der Waals surface area contributed by atoms with E-state index in [1.165, 1.54) is 11.1 Å². The van der Waals surface area contributed by atoms with Crippen molar-refractivity contribution in [2.75, 3.05) is 0 Å². The zero-order chi connectivity index (χ0) is 12.5. The minimum absolute atomic E-state index is 0.701. The summed E-state index contributed by atoms with van der Waals surface area (Å²) in [6.45, 7) is 2.09. The maximum absolute atomic E-state index is 6.22. The van der Waals surface area contributed by atoms with Crippen LogP contribution in [0.5, 0.6) is 0 Å². The van der Waals surface area contributed by atoms with Crippen LogP contribution in [0.4, 0.5) is 0 Å². The third-order valence-corrected chi connectivity index (χ3v) is 3.35. The SMILES string of the molecule is Cc1ccc(Cc2ncc3cccc(Cl)n23)cc1. The van der Waals surface area contributed by atoms with Crippen LogP contribution in [-0.2, 0) is 6.42 Å². The zero-order valence-corrected chi connectivity index (χ0v) is 10.9. The maximum atomic E-state index is 6.22. The van der Waals surface area contributed by atoms with E-state index in [0.29, 0.717) is 5.15 Å². The highest BCUT2D eigenvalue weighted by Gasteiger charge is 2.07. The molecule has 0 N–H and O–H groups in total. The highest BCUT2D eigenvalue weighted by atomic mass is 35.5. The third-order valence-electron chi connectivity index (χ3n) is 3.06. The van der Waals surface area contributed by atoms with Gasteiger partial charge in [0.15, 0.2) is 0 Å². The Bertz CT molecular complexity index is 683. The molecular formula is C15H13ClN2. The molecule has 0 radical (unpaired) electrons. The van der Waals surface area contributed by atoms with Gasteiger partial charge in [-0.25, -0.2) is 4.98 Å². The lowest BCUT2D eigenvalue weighted by molar-refractivity contribution is 0.961. The summed E-state index contributed by atoms with van der Waals surface area (Å²) in [7, 11) is 0. The quantitative estimate of drug-likeness (QED) is 0.636. The van der Waals surface area contributed by atoms with Crippen molar-refractivity contribution in [3.05, 3.63) is 70.8 Å². The van der Waals surface area contributed by atoms with E-state index in [1.807, 2.05) is 28.8 Å². The van der Waals surface area contributed by atoms with Crippen LogP contribution in [0.15, 0.2) is 48.7 Å². The number of rotatable bonds is 2. The summed E-state index contributed by atoms with van der Waals surface area (Å²) >= 11 is 6.22. The Labute approximate surface area is 111 Å². The Morgan fingerprint density at radius 2 is 1.89 bits per heavy atom. The first-order valence-corrected chi connectivity index (χ1v) is 6.28. The van der Waals surface area contributed by atoms with E-state index in [1.54, 1.807) is 0 Å². The molecule has 3 heteroatoms. The van der Waals surface area contributed by atoms with Crippen LogP contribution >= 0.6 is 11.6 Å². The van der Waals surface area contributed by atoms with Crippen molar-refractivity contribution in [3.63, 3.8) is 0 Å². The first-order valence-electron chi connectivity index (χ1n) is 5.90. The van der Waals surface area contributed by atoms with Gasteiger partial charge in [0.25, 0.3) is 0 Å². The van der Waals surface area contributed by atoms with Crippen molar-refractivity contribution in [2.45, 2.75) is 13.3 Å². The summed E-state index contributed by atoms with van der Waals surface area (Å²) in [6, 6.07) is 14.3. The fourth-order valence-electron chi connectivity index (χ4n) is 2.08. The standard InChI is InChI=1S/C15H13ClN2/c1-11-5-7-12(8-6-11)9-15-17-10-13-3-2-4-14(16)18(13)15/h2-8,10H,9H2,1H3. The monoisotopic (exact) mass is 256 g/mol. The predicted octanol–water partition coefficient (Wildman–Crippen LogP) is 3.89. The van der Waals surface area contributed by atoms with Crippen LogP contribution < -0.4 is 0 Å². The van der Waals surface area contributed by atoms with Gasteiger partial charge in [0.2, 0.25) is 0 Å². The topological polar surface area (TPSA) is 17.3 Å². The Kier molecular flexibility index (Phi) is 2.80. The van der Waals surface area contributed by atoms with Gasteiger partial charge in [0.05, 0.1) is 11.7 Å². The van der Waals surface area contributed by atoms with Gasteiger partial charge in [0, 0.05) is 6.42 Å². The molecule has 0 saturated heterocycles. The Morgan fingerprint density at radius 1 is 1.11 bits per heavy atom. The molecule has 0 saturated carbocycles. The summed E-state index contributed by atoms with van der Waals surface area (Å²) in [6.07, 6.45) is 2.65. The van der Waals surface area contributed by atoms with Gasteiger partial charge in [-0.3, -0.25) is 4.40 Å². The van der Waals surface area contributed by atoms with E-state index in [9.17, 15) is 0 Å². The number of hydrogen-bond donors (Lipinski definition) is 0. The predicted molar refractivity (Wildman–Crippen MR) is 74.2 cm³/mol. The van der Waals surface area contributed by atoms with Gasteiger partial charge >= 0.3 is 0 Å². The van der Waals surface area contributed by atoms with Crippen LogP contribution in [0.1, 0.15) is 17.0 Å². The van der Waals surface area contributed by atoms with Gasteiger partial charge in [-0.2, -0.15) is 0 Å². The van der Waals surface area contributed by atoms with Crippen LogP contribution in [-0.4, -0.2) is 9.38 Å². The number of aromatic nitrogens is 2. The fraction of sp³-hybridized carbons (Fsp3) is 0.133. The van der Waals surface area contributed by atoms with Gasteiger partial charge in [0.1, 0.15) is 11.0 Å². The van der Waals surface area contributed by atoms with Gasteiger partial charge in [-0.15, -0.1) is 0 Å². The van der Waals surface area contributed by atoms with Crippen LogP contribution in [0.25, 0.3) is 5.52 Å². The molecule has 0 unspecified atom stereocenters. The summed E-state index contributed by atoms with van der Waals surface area (Å²) in [4.78, 5) is 4.45. The molecule has 0 spiro atoms. The molecule has 0 fully saturated rings. The van der Waals surface area contributed by atoms with Crippen molar-refractivity contribution >= 4 is 17.1 Å². The minimum atomic E-state index is 0.701. The molecule has 3 rings (SSSR count). The van der Waals surface area contributed by atoms with Crippen LogP contribution in [0.3, 0.4) is 0 Å². The van der Waals surface area contributed by atoms with Crippen LogP contribution in [0.2, 0.25) is 5.15 Å². The normalized spacial score (nSPS) is 11.0. The second kappa shape index (κ2) is 4.46. The average Bonchev–Trinajstić information content (AvgIpc) is 2.77. The molecule has 0 aliphatic heterocycles. The van der Waals surface area contributed by atoms with Crippen molar-refractivity contribution in [3.8, 4) is 0 Å². The Hall–Kier alpha value is -1.80. The van der Waals surface area contributed by atoms with Crippen molar-refractivity contribution < 1.29 is 0 Å². The van der Waals surface area contributed by atoms with Gasteiger partial charge in [-0.1, -0.05) is 47.5 Å². The summed E-state index contributed by atoms with van der Waals surface area (Å²) in [5.41, 5.74) is 3.54. The largest absolute Gasteiger partial charge is 0.287 e. The van der Waals surface area contributed by atoms with Crippen molar-refractivity contribution in [1.82, 2.24) is 9.38 Å². The molecule has 0 bridgehead atoms. The molecule has 1 aromatic carbocycles. The minimum Gasteiger partial charge on any atom is -0.287 e. The number of benzene rings is 1. The lowest BCUT2D eigenvalue weighted by atomic mass is 10.1. The van der Waals surface area contributed by atoms with Crippen molar-refractivity contribution in [1.29, 1.82) is 0 Å². The van der Waals surface area contributed by atoms with E-state index in [0.717, 1.165) is 17.8 Å². The van der Waals surface area contributed by atoms with E-state index in [-0.39, 0.29) is 0 Å². The fourth-order valence-corrected chi connectivity index (χ4v) is 2.35.